The van der Waals surface area contributed by atoms with Gasteiger partial charge >= 0.3 is 0 Å². The Hall–Kier alpha value is -0.900. The fourth-order valence-electron chi connectivity index (χ4n) is 2.26. The minimum atomic E-state index is -0.334. The molecule has 0 atom stereocenters. The third-order valence-corrected chi connectivity index (χ3v) is 3.92. The molecule has 4 heteroatoms. The van der Waals surface area contributed by atoms with Gasteiger partial charge in [0, 0.05) is 18.7 Å². The van der Waals surface area contributed by atoms with E-state index in [1.807, 2.05) is 4.90 Å². The minimum Gasteiger partial charge on any atom is -0.339 e. The van der Waals surface area contributed by atoms with Gasteiger partial charge in [-0.1, -0.05) is 19.3 Å². The van der Waals surface area contributed by atoms with E-state index >= 15 is 0 Å². The van der Waals surface area contributed by atoms with Crippen molar-refractivity contribution in [2.75, 3.05) is 13.1 Å². The molecule has 18 heavy (non-hydrogen) atoms. The van der Waals surface area contributed by atoms with Gasteiger partial charge in [0.25, 0.3) is 5.91 Å². The second kappa shape index (κ2) is 6.32. The second-order valence-corrected chi connectivity index (χ2v) is 5.54. The molecule has 0 bridgehead atoms. The van der Waals surface area contributed by atoms with Gasteiger partial charge in [0.2, 0.25) is 0 Å². The monoisotopic (exact) mass is 313 g/mol. The molecular formula is C14H17BrFNO. The van der Waals surface area contributed by atoms with E-state index in [0.717, 1.165) is 25.9 Å². The number of hydrogen-bond donors (Lipinski definition) is 0. The van der Waals surface area contributed by atoms with E-state index in [2.05, 4.69) is 15.9 Å². The first-order valence-corrected chi connectivity index (χ1v) is 7.22. The van der Waals surface area contributed by atoms with E-state index in [4.69, 9.17) is 0 Å². The van der Waals surface area contributed by atoms with Crippen LogP contribution in [0.25, 0.3) is 0 Å². The lowest BCUT2D eigenvalue weighted by Gasteiger charge is -2.25. The van der Waals surface area contributed by atoms with Crippen molar-refractivity contribution in [3.05, 3.63) is 34.1 Å². The first-order chi connectivity index (χ1) is 8.68. The van der Waals surface area contributed by atoms with Crippen molar-refractivity contribution < 1.29 is 9.18 Å². The normalized spacial score (nSPS) is 17.1. The Labute approximate surface area is 115 Å². The maximum absolute atomic E-state index is 13.2. The average molecular weight is 314 g/mol. The number of likely N-dealkylation sites (tertiary alicyclic amines) is 1. The van der Waals surface area contributed by atoms with Crippen LogP contribution in [0.15, 0.2) is 22.7 Å². The van der Waals surface area contributed by atoms with Crippen LogP contribution in [0.3, 0.4) is 0 Å². The van der Waals surface area contributed by atoms with Gasteiger partial charge in [-0.05, 0) is 47.0 Å². The average Bonchev–Trinajstić information content (AvgIpc) is 2.31. The Kier molecular flexibility index (Phi) is 4.75. The van der Waals surface area contributed by atoms with Crippen LogP contribution in [0.5, 0.6) is 0 Å². The number of halogens is 2. The molecule has 1 aromatic carbocycles. The largest absolute Gasteiger partial charge is 0.339 e. The van der Waals surface area contributed by atoms with Crippen LogP contribution in [-0.4, -0.2) is 23.9 Å². The van der Waals surface area contributed by atoms with Crippen molar-refractivity contribution in [1.29, 1.82) is 0 Å². The molecule has 0 radical (unpaired) electrons. The van der Waals surface area contributed by atoms with E-state index in [1.54, 1.807) is 12.1 Å². The number of nitrogens with zero attached hydrogens (tertiary/aromatic N) is 1. The van der Waals surface area contributed by atoms with E-state index in [9.17, 15) is 9.18 Å². The highest BCUT2D eigenvalue weighted by Crippen LogP contribution is 2.19. The van der Waals surface area contributed by atoms with Crippen molar-refractivity contribution in [3.8, 4) is 0 Å². The Morgan fingerprint density at radius 3 is 2.33 bits per heavy atom. The number of rotatable bonds is 1. The Morgan fingerprint density at radius 2 is 1.72 bits per heavy atom. The van der Waals surface area contributed by atoms with Crippen LogP contribution in [0.1, 0.15) is 42.5 Å². The van der Waals surface area contributed by atoms with Gasteiger partial charge in [0.05, 0.1) is 4.47 Å². The Bertz CT molecular complexity index is 428. The SMILES string of the molecule is O=C(c1ccc(F)c(Br)c1)N1CCCCCCC1. The molecule has 0 N–H and O–H groups in total. The molecule has 0 aromatic heterocycles. The molecule has 98 valence electrons. The standard InChI is InChI=1S/C14H17BrFNO/c15-12-10-11(6-7-13(12)16)14(18)17-8-4-2-1-3-5-9-17/h6-7,10H,1-5,8-9H2. The zero-order chi connectivity index (χ0) is 13.0. The molecule has 1 aromatic rings. The van der Waals surface area contributed by atoms with Gasteiger partial charge in [0.15, 0.2) is 0 Å². The molecule has 1 aliphatic heterocycles. The topological polar surface area (TPSA) is 20.3 Å². The maximum atomic E-state index is 13.2. The van der Waals surface area contributed by atoms with E-state index in [0.29, 0.717) is 10.0 Å². The van der Waals surface area contributed by atoms with Crippen LogP contribution in [0, 0.1) is 5.82 Å². The first kappa shape index (κ1) is 13.5. The zero-order valence-corrected chi connectivity index (χ0v) is 11.9. The summed E-state index contributed by atoms with van der Waals surface area (Å²) in [5, 5.41) is 0. The molecule has 0 spiro atoms. The fraction of sp³-hybridized carbons (Fsp3) is 0.500. The zero-order valence-electron chi connectivity index (χ0n) is 10.3. The molecule has 1 saturated heterocycles. The van der Waals surface area contributed by atoms with E-state index in [-0.39, 0.29) is 11.7 Å². The smallest absolute Gasteiger partial charge is 0.253 e. The van der Waals surface area contributed by atoms with Gasteiger partial charge in [-0.15, -0.1) is 0 Å². The molecule has 1 aliphatic rings. The van der Waals surface area contributed by atoms with Crippen molar-refractivity contribution in [2.45, 2.75) is 32.1 Å². The van der Waals surface area contributed by atoms with Gasteiger partial charge in [-0.3, -0.25) is 4.79 Å². The third-order valence-electron chi connectivity index (χ3n) is 3.31. The highest BCUT2D eigenvalue weighted by atomic mass is 79.9. The van der Waals surface area contributed by atoms with E-state index in [1.165, 1.54) is 25.3 Å². The number of amides is 1. The summed E-state index contributed by atoms with van der Waals surface area (Å²) in [4.78, 5) is 14.2. The van der Waals surface area contributed by atoms with Crippen molar-refractivity contribution in [2.24, 2.45) is 0 Å². The van der Waals surface area contributed by atoms with Crippen LogP contribution in [0.2, 0.25) is 0 Å². The predicted octanol–water partition coefficient (Wildman–Crippen LogP) is 3.99. The minimum absolute atomic E-state index is 0.0117. The van der Waals surface area contributed by atoms with E-state index < -0.39 is 0 Å². The lowest BCUT2D eigenvalue weighted by Crippen LogP contribution is -2.33. The molecule has 1 fully saturated rings. The molecule has 2 nitrogen and oxygen atoms in total. The summed E-state index contributed by atoms with van der Waals surface area (Å²) in [6.07, 6.45) is 5.78. The summed E-state index contributed by atoms with van der Waals surface area (Å²) >= 11 is 3.12. The number of benzene rings is 1. The quantitative estimate of drug-likeness (QED) is 0.767. The molecule has 0 saturated carbocycles. The maximum Gasteiger partial charge on any atom is 0.253 e. The Morgan fingerprint density at radius 1 is 1.11 bits per heavy atom. The first-order valence-electron chi connectivity index (χ1n) is 6.43. The summed E-state index contributed by atoms with van der Waals surface area (Å²) < 4.78 is 13.5. The van der Waals surface area contributed by atoms with Gasteiger partial charge in [-0.2, -0.15) is 0 Å². The molecule has 0 unspecified atom stereocenters. The molecule has 2 rings (SSSR count). The number of carbonyl (C=O) groups is 1. The lowest BCUT2D eigenvalue weighted by molar-refractivity contribution is 0.0742. The third kappa shape index (κ3) is 3.31. The molecule has 1 heterocycles. The van der Waals surface area contributed by atoms with Crippen molar-refractivity contribution >= 4 is 21.8 Å². The van der Waals surface area contributed by atoms with Crippen molar-refractivity contribution in [1.82, 2.24) is 4.90 Å². The number of carbonyl (C=O) groups excluding carboxylic acids is 1. The van der Waals surface area contributed by atoms with Gasteiger partial charge in [-0.25, -0.2) is 4.39 Å². The summed E-state index contributed by atoms with van der Waals surface area (Å²) in [6.45, 7) is 1.63. The summed E-state index contributed by atoms with van der Waals surface area (Å²) in [6, 6.07) is 4.46. The molecule has 0 aliphatic carbocycles. The van der Waals surface area contributed by atoms with Crippen LogP contribution in [-0.2, 0) is 0 Å². The highest BCUT2D eigenvalue weighted by molar-refractivity contribution is 9.10. The summed E-state index contributed by atoms with van der Waals surface area (Å²) in [5.74, 6) is -0.322. The summed E-state index contributed by atoms with van der Waals surface area (Å²) in [7, 11) is 0. The number of hydrogen-bond acceptors (Lipinski definition) is 1. The van der Waals surface area contributed by atoms with Crippen LogP contribution < -0.4 is 0 Å². The fourth-order valence-corrected chi connectivity index (χ4v) is 2.64. The predicted molar refractivity (Wildman–Crippen MR) is 73.1 cm³/mol. The van der Waals surface area contributed by atoms with Crippen LogP contribution in [0.4, 0.5) is 4.39 Å². The van der Waals surface area contributed by atoms with Gasteiger partial charge in [0.1, 0.15) is 5.82 Å². The van der Waals surface area contributed by atoms with Crippen LogP contribution >= 0.6 is 15.9 Å². The molecule has 1 amide bonds. The molecular weight excluding hydrogens is 297 g/mol. The lowest BCUT2D eigenvalue weighted by atomic mass is 10.1. The highest BCUT2D eigenvalue weighted by Gasteiger charge is 2.17. The van der Waals surface area contributed by atoms with Gasteiger partial charge < -0.3 is 4.90 Å². The Balaban J connectivity index is 2.10. The van der Waals surface area contributed by atoms with Crippen molar-refractivity contribution in [3.63, 3.8) is 0 Å². The second-order valence-electron chi connectivity index (χ2n) is 4.69. The summed E-state index contributed by atoms with van der Waals surface area (Å²) in [5.41, 5.74) is 0.559.